The first kappa shape index (κ1) is 11.3. The highest BCUT2D eigenvalue weighted by Gasteiger charge is 2.83. The predicted molar refractivity (Wildman–Crippen MR) is 69.8 cm³/mol. The lowest BCUT2D eigenvalue weighted by atomic mass is 9.50. The van der Waals surface area contributed by atoms with Gasteiger partial charge in [-0.1, -0.05) is 26.8 Å². The topological polar surface area (TPSA) is 34.3 Å². The first-order valence-electron chi connectivity index (χ1n) is 7.58. The number of epoxide rings is 2. The molecule has 3 heteroatoms. The maximum Gasteiger partial charge on any atom is 0.124 e. The normalized spacial score (nSPS) is 68.4. The van der Waals surface area contributed by atoms with Gasteiger partial charge in [0, 0.05) is 10.8 Å². The molecule has 19 heavy (non-hydrogen) atoms. The van der Waals surface area contributed by atoms with Gasteiger partial charge in [0.25, 0.3) is 0 Å². The largest absolute Gasteiger partial charge is 0.367 e. The Morgan fingerprint density at radius 1 is 1.26 bits per heavy atom. The van der Waals surface area contributed by atoms with Gasteiger partial charge in [-0.3, -0.25) is 0 Å². The molecule has 0 amide bonds. The van der Waals surface area contributed by atoms with E-state index in [4.69, 9.17) is 14.2 Å². The van der Waals surface area contributed by atoms with Crippen molar-refractivity contribution in [3.05, 3.63) is 11.6 Å². The SMILES string of the molecule is CC1=CC2OC3C[C@@H](C)[C@@](C)(C34CO4)[C@@]2(C)[C@H]2O[C@@H]12. The van der Waals surface area contributed by atoms with Crippen LogP contribution in [0.5, 0.6) is 0 Å². The Hall–Kier alpha value is -0.380. The van der Waals surface area contributed by atoms with Crippen molar-refractivity contribution in [3.63, 3.8) is 0 Å². The molecular formula is C16H22O3. The molecule has 2 aliphatic carbocycles. The van der Waals surface area contributed by atoms with Crippen LogP contribution >= 0.6 is 0 Å². The van der Waals surface area contributed by atoms with E-state index in [2.05, 4.69) is 33.8 Å². The summed E-state index contributed by atoms with van der Waals surface area (Å²) in [5, 5.41) is 0. The van der Waals surface area contributed by atoms with Gasteiger partial charge in [-0.25, -0.2) is 0 Å². The molecule has 5 aliphatic rings. The third-order valence-electron chi connectivity index (χ3n) is 7.37. The number of hydrogen-bond acceptors (Lipinski definition) is 3. The third-order valence-corrected chi connectivity index (χ3v) is 7.37. The Morgan fingerprint density at radius 3 is 2.68 bits per heavy atom. The van der Waals surface area contributed by atoms with Crippen LogP contribution in [0.25, 0.3) is 0 Å². The summed E-state index contributed by atoms with van der Waals surface area (Å²) in [6.07, 6.45) is 4.60. The predicted octanol–water partition coefficient (Wildman–Crippen LogP) is 2.30. The highest BCUT2D eigenvalue weighted by Crippen LogP contribution is 2.75. The molecule has 0 aromatic rings. The van der Waals surface area contributed by atoms with Gasteiger partial charge < -0.3 is 14.2 Å². The molecule has 5 rings (SSSR count). The monoisotopic (exact) mass is 262 g/mol. The molecule has 1 saturated carbocycles. The fraction of sp³-hybridized carbons (Fsp3) is 0.875. The summed E-state index contributed by atoms with van der Waals surface area (Å²) < 4.78 is 18.5. The van der Waals surface area contributed by atoms with Crippen molar-refractivity contribution in [2.75, 3.05) is 6.61 Å². The standard InChI is InChI=1S/C16H22O3/c1-8-5-10-14(3,13-12(8)19-13)15(4)9(2)6-11(18-10)16(15)7-17-16/h5,9-13H,6-7H2,1-4H3/t9-,10?,11?,12+,13+,14-,15-,16?/m1/s1. The van der Waals surface area contributed by atoms with Crippen molar-refractivity contribution in [1.29, 1.82) is 0 Å². The minimum atomic E-state index is -0.0206. The molecule has 3 aliphatic heterocycles. The molecule has 3 heterocycles. The van der Waals surface area contributed by atoms with Crippen LogP contribution in [0.2, 0.25) is 0 Å². The molecule has 104 valence electrons. The average Bonchev–Trinajstić information content (AvgIpc) is 3.22. The van der Waals surface area contributed by atoms with Gasteiger partial charge in [0.15, 0.2) is 0 Å². The zero-order valence-electron chi connectivity index (χ0n) is 12.1. The molecule has 1 spiro atoms. The quantitative estimate of drug-likeness (QED) is 0.496. The molecule has 4 fully saturated rings. The summed E-state index contributed by atoms with van der Waals surface area (Å²) in [5.41, 5.74) is 1.56. The number of hydrogen-bond donors (Lipinski definition) is 0. The van der Waals surface area contributed by atoms with Crippen LogP contribution < -0.4 is 0 Å². The van der Waals surface area contributed by atoms with E-state index >= 15 is 0 Å². The molecule has 0 aromatic carbocycles. The van der Waals surface area contributed by atoms with Crippen LogP contribution in [0.1, 0.15) is 34.1 Å². The van der Waals surface area contributed by atoms with Crippen molar-refractivity contribution >= 4 is 0 Å². The lowest BCUT2D eigenvalue weighted by Crippen LogP contribution is -2.65. The smallest absolute Gasteiger partial charge is 0.124 e. The third kappa shape index (κ3) is 0.913. The van der Waals surface area contributed by atoms with Gasteiger partial charge in [0.05, 0.1) is 24.9 Å². The van der Waals surface area contributed by atoms with Gasteiger partial charge in [0.1, 0.15) is 11.7 Å². The molecule has 0 N–H and O–H groups in total. The summed E-state index contributed by atoms with van der Waals surface area (Å²) >= 11 is 0. The fourth-order valence-corrected chi connectivity index (χ4v) is 5.75. The van der Waals surface area contributed by atoms with Crippen LogP contribution in [-0.2, 0) is 14.2 Å². The Morgan fingerprint density at radius 2 is 2.00 bits per heavy atom. The second kappa shape index (κ2) is 2.81. The van der Waals surface area contributed by atoms with Crippen LogP contribution in [-0.4, -0.2) is 36.6 Å². The van der Waals surface area contributed by atoms with Gasteiger partial charge in [-0.05, 0) is 24.8 Å². The Balaban J connectivity index is 1.73. The van der Waals surface area contributed by atoms with Crippen LogP contribution in [0.15, 0.2) is 11.6 Å². The minimum Gasteiger partial charge on any atom is -0.367 e. The average molecular weight is 262 g/mol. The summed E-state index contributed by atoms with van der Waals surface area (Å²) in [6, 6.07) is 0. The second-order valence-corrected chi connectivity index (χ2v) is 7.73. The van der Waals surface area contributed by atoms with Crippen LogP contribution in [0, 0.1) is 16.7 Å². The van der Waals surface area contributed by atoms with E-state index in [1.165, 1.54) is 5.57 Å². The molecule has 2 bridgehead atoms. The lowest BCUT2D eigenvalue weighted by Gasteiger charge is -2.56. The highest BCUT2D eigenvalue weighted by atomic mass is 16.6. The summed E-state index contributed by atoms with van der Waals surface area (Å²) in [6.45, 7) is 10.3. The van der Waals surface area contributed by atoms with Crippen molar-refractivity contribution < 1.29 is 14.2 Å². The Bertz CT molecular complexity index is 508. The van der Waals surface area contributed by atoms with Gasteiger partial charge >= 0.3 is 0 Å². The minimum absolute atomic E-state index is 0.0206. The molecular weight excluding hydrogens is 240 g/mol. The van der Waals surface area contributed by atoms with E-state index < -0.39 is 0 Å². The first-order valence-corrected chi connectivity index (χ1v) is 7.58. The van der Waals surface area contributed by atoms with E-state index in [1.54, 1.807) is 0 Å². The van der Waals surface area contributed by atoms with Crippen molar-refractivity contribution in [2.24, 2.45) is 16.7 Å². The molecule has 0 radical (unpaired) electrons. The molecule has 0 aromatic heterocycles. The summed E-state index contributed by atoms with van der Waals surface area (Å²) in [4.78, 5) is 0. The number of ether oxygens (including phenoxy) is 3. The highest BCUT2D eigenvalue weighted by molar-refractivity contribution is 5.37. The lowest BCUT2D eigenvalue weighted by molar-refractivity contribution is -0.199. The maximum atomic E-state index is 6.48. The molecule has 8 atom stereocenters. The van der Waals surface area contributed by atoms with Crippen LogP contribution in [0.3, 0.4) is 0 Å². The molecule has 3 unspecified atom stereocenters. The van der Waals surface area contributed by atoms with Crippen LogP contribution in [0.4, 0.5) is 0 Å². The second-order valence-electron chi connectivity index (χ2n) is 7.73. The number of fused-ring (bicyclic) bond motifs is 4. The van der Waals surface area contributed by atoms with Gasteiger partial charge in [0.2, 0.25) is 0 Å². The zero-order chi connectivity index (χ0) is 13.2. The van der Waals surface area contributed by atoms with E-state index in [-0.39, 0.29) is 28.6 Å². The maximum absolute atomic E-state index is 6.48. The number of rotatable bonds is 0. The van der Waals surface area contributed by atoms with Crippen molar-refractivity contribution in [3.8, 4) is 0 Å². The van der Waals surface area contributed by atoms with Gasteiger partial charge in [-0.15, -0.1) is 0 Å². The van der Waals surface area contributed by atoms with E-state index in [0.29, 0.717) is 18.1 Å². The van der Waals surface area contributed by atoms with Gasteiger partial charge in [-0.2, -0.15) is 0 Å². The van der Waals surface area contributed by atoms with Crippen molar-refractivity contribution in [1.82, 2.24) is 0 Å². The molecule has 3 saturated heterocycles. The summed E-state index contributed by atoms with van der Waals surface area (Å²) in [7, 11) is 0. The molecule has 3 nitrogen and oxygen atoms in total. The first-order chi connectivity index (χ1) is 8.95. The van der Waals surface area contributed by atoms with E-state index in [1.807, 2.05) is 0 Å². The fourth-order valence-electron chi connectivity index (χ4n) is 5.75. The Labute approximate surface area is 114 Å². The van der Waals surface area contributed by atoms with Crippen molar-refractivity contribution in [2.45, 2.75) is 64.1 Å². The van der Waals surface area contributed by atoms with E-state index in [9.17, 15) is 0 Å². The van der Waals surface area contributed by atoms with E-state index in [0.717, 1.165) is 13.0 Å². The Kier molecular flexibility index (Phi) is 1.67. The zero-order valence-corrected chi connectivity index (χ0v) is 12.1. The summed E-state index contributed by atoms with van der Waals surface area (Å²) in [5.74, 6) is 0.631.